The van der Waals surface area contributed by atoms with Gasteiger partial charge >= 0.3 is 0 Å². The van der Waals surface area contributed by atoms with E-state index in [2.05, 4.69) is 46.5 Å². The Labute approximate surface area is 133 Å². The number of hydrogen-bond donors (Lipinski definition) is 2. The summed E-state index contributed by atoms with van der Waals surface area (Å²) in [4.78, 5) is 12.1. The topological polar surface area (TPSA) is 67.8 Å². The molecule has 0 heterocycles. The summed E-state index contributed by atoms with van der Waals surface area (Å²) in [7, 11) is 0. The van der Waals surface area contributed by atoms with Crippen molar-refractivity contribution in [3.05, 3.63) is 23.8 Å². The van der Waals surface area contributed by atoms with Crippen molar-refractivity contribution >= 4 is 55.5 Å². The molecule has 8 heteroatoms. The lowest BCUT2D eigenvalue weighted by Crippen LogP contribution is -2.23. The van der Waals surface area contributed by atoms with Crippen LogP contribution in [0.4, 0.5) is 5.69 Å². The van der Waals surface area contributed by atoms with Gasteiger partial charge in [0.1, 0.15) is 4.83 Å². The zero-order chi connectivity index (χ0) is 13.5. The Kier molecular flexibility index (Phi) is 9.67. The Morgan fingerprint density at radius 2 is 2.26 bits per heavy atom. The van der Waals surface area contributed by atoms with Gasteiger partial charge in [0.25, 0.3) is 0 Å². The fraction of sp³-hybridized carbons (Fsp3) is 0.364. The third-order valence-electron chi connectivity index (χ3n) is 2.03. The van der Waals surface area contributed by atoms with Crippen LogP contribution in [0.15, 0.2) is 23.1 Å². The second-order valence-electron chi connectivity index (χ2n) is 3.32. The fourth-order valence-corrected chi connectivity index (χ4v) is 2.00. The van der Waals surface area contributed by atoms with Crippen LogP contribution in [0.1, 0.15) is 13.0 Å². The van der Waals surface area contributed by atoms with Gasteiger partial charge in [0.2, 0.25) is 5.91 Å². The highest BCUT2D eigenvalue weighted by Gasteiger charge is 2.13. The van der Waals surface area contributed by atoms with E-state index < -0.39 is 0 Å². The van der Waals surface area contributed by atoms with Crippen molar-refractivity contribution < 1.29 is 19.4 Å². The normalized spacial score (nSPS) is 11.6. The third-order valence-corrected chi connectivity index (χ3v) is 5.03. The first-order valence-electron chi connectivity index (χ1n) is 4.84. The Morgan fingerprint density at radius 1 is 1.58 bits per heavy atom. The molecule has 0 radical (unpaired) electrons. The van der Waals surface area contributed by atoms with Gasteiger partial charge in [-0.05, 0) is 24.6 Å². The first kappa shape index (κ1) is 18.9. The minimum Gasteiger partial charge on any atom is -0.325 e. The summed E-state index contributed by atoms with van der Waals surface area (Å²) < 4.78 is 4.37. The van der Waals surface area contributed by atoms with Crippen molar-refractivity contribution in [1.82, 2.24) is 0 Å². The van der Waals surface area contributed by atoms with Gasteiger partial charge in [-0.2, -0.15) is 0 Å². The number of anilines is 1. The van der Waals surface area contributed by atoms with E-state index >= 15 is 0 Å². The number of nitrogens with one attached hydrogen (secondary N) is 1. The van der Waals surface area contributed by atoms with Crippen molar-refractivity contribution in [1.29, 1.82) is 0 Å². The summed E-state index contributed by atoms with van der Waals surface area (Å²) >= 11 is 7.30. The quantitative estimate of drug-likeness (QED) is 0.315. The minimum atomic E-state index is -0.299. The van der Waals surface area contributed by atoms with Crippen molar-refractivity contribution in [2.75, 3.05) is 10.6 Å². The first-order chi connectivity index (χ1) is 8.58. The van der Waals surface area contributed by atoms with E-state index in [0.717, 1.165) is 22.5 Å². The number of halogens is 2. The van der Waals surface area contributed by atoms with Gasteiger partial charge in [-0.3, -0.25) is 4.79 Å². The van der Waals surface area contributed by atoms with E-state index in [4.69, 9.17) is 5.26 Å². The van der Waals surface area contributed by atoms with Gasteiger partial charge in [-0.15, -0.1) is 4.33 Å². The van der Waals surface area contributed by atoms with Crippen LogP contribution >= 0.6 is 43.9 Å². The number of aryl methyl sites for hydroxylation is 1. The zero-order valence-corrected chi connectivity index (χ0v) is 13.3. The molecule has 2 N–H and O–H groups in total. The number of carbonyl (C=O) groups is 1. The summed E-state index contributed by atoms with van der Waals surface area (Å²) in [5, 5.41) is 14.9. The van der Waals surface area contributed by atoms with E-state index in [1.165, 1.54) is 0 Å². The van der Waals surface area contributed by atoms with Crippen LogP contribution in [0.2, 0.25) is 0 Å². The minimum absolute atomic E-state index is 0. The number of carbonyl (C=O) groups excluding carboxylic acids is 1. The molecule has 0 saturated carbocycles. The lowest BCUT2D eigenvalue weighted by Gasteiger charge is -2.10. The van der Waals surface area contributed by atoms with Gasteiger partial charge in [-0.25, -0.2) is 5.26 Å². The average Bonchev–Trinajstić information content (AvgIpc) is 2.38. The smallest absolute Gasteiger partial charge is 0.239 e. The molecule has 0 aliphatic rings. The molecule has 0 aliphatic carbocycles. The van der Waals surface area contributed by atoms with E-state index in [1.54, 1.807) is 12.1 Å². The second kappa shape index (κ2) is 9.73. The third kappa shape index (κ3) is 6.24. The summed E-state index contributed by atoms with van der Waals surface area (Å²) in [6, 6.07) is 5.34. The first-order valence-corrected chi connectivity index (χ1v) is 7.62. The van der Waals surface area contributed by atoms with Crippen LogP contribution in [-0.2, 0) is 14.2 Å². The van der Waals surface area contributed by atoms with E-state index in [1.807, 2.05) is 13.0 Å². The standard InChI is InChI=1S/C10H11Br2NO4S.CH4/c1-6-2-3-7(4-9(6)18-17-16-15)13-10(14)8(12)5-11;/h2-4,8,15H,5H2,1H3,(H,13,14);1H4. The number of hydrogen-bond acceptors (Lipinski definition) is 5. The molecule has 108 valence electrons. The Balaban J connectivity index is 0.00000324. The fourth-order valence-electron chi connectivity index (χ4n) is 1.11. The lowest BCUT2D eigenvalue weighted by atomic mass is 10.2. The van der Waals surface area contributed by atoms with Gasteiger partial charge in [0, 0.05) is 15.9 Å². The molecule has 1 unspecified atom stereocenters. The van der Waals surface area contributed by atoms with E-state index in [-0.39, 0.29) is 18.2 Å². The molecule has 1 amide bonds. The molecule has 1 rings (SSSR count). The number of benzene rings is 1. The number of alkyl halides is 2. The molecular formula is C11H15Br2NO4S. The molecule has 0 saturated heterocycles. The summed E-state index contributed by atoms with van der Waals surface area (Å²) in [6.45, 7) is 1.88. The second-order valence-corrected chi connectivity index (χ2v) is 5.81. The highest BCUT2D eigenvalue weighted by Crippen LogP contribution is 2.26. The molecule has 1 atom stereocenters. The molecular weight excluding hydrogens is 402 g/mol. The Hall–Kier alpha value is -0.120. The van der Waals surface area contributed by atoms with Crippen LogP contribution in [0, 0.1) is 6.92 Å². The summed E-state index contributed by atoms with van der Waals surface area (Å²) in [5.74, 6) is -0.147. The van der Waals surface area contributed by atoms with Crippen molar-refractivity contribution in [3.8, 4) is 0 Å². The molecule has 0 fully saturated rings. The van der Waals surface area contributed by atoms with E-state index in [0.29, 0.717) is 11.0 Å². The van der Waals surface area contributed by atoms with Crippen LogP contribution in [0.3, 0.4) is 0 Å². The largest absolute Gasteiger partial charge is 0.325 e. The summed E-state index contributed by atoms with van der Waals surface area (Å²) in [6.07, 6.45) is 0. The maximum atomic E-state index is 11.7. The average molecular weight is 417 g/mol. The monoisotopic (exact) mass is 415 g/mol. The summed E-state index contributed by atoms with van der Waals surface area (Å²) in [5.41, 5.74) is 1.57. The molecule has 19 heavy (non-hydrogen) atoms. The Bertz CT molecular complexity index is 420. The van der Waals surface area contributed by atoms with Crippen LogP contribution in [0.5, 0.6) is 0 Å². The van der Waals surface area contributed by atoms with Crippen molar-refractivity contribution in [2.45, 2.75) is 24.1 Å². The molecule has 0 spiro atoms. The van der Waals surface area contributed by atoms with Gasteiger partial charge in [-0.1, -0.05) is 50.4 Å². The number of rotatable bonds is 6. The molecule has 0 bridgehead atoms. The SMILES string of the molecule is C.Cc1ccc(NC(=O)C(Br)CBr)cc1SOOO. The van der Waals surface area contributed by atoms with Crippen molar-refractivity contribution in [2.24, 2.45) is 0 Å². The zero-order valence-electron chi connectivity index (χ0n) is 9.35. The van der Waals surface area contributed by atoms with Crippen molar-refractivity contribution in [3.63, 3.8) is 0 Å². The maximum absolute atomic E-state index is 11.7. The maximum Gasteiger partial charge on any atom is 0.239 e. The highest BCUT2D eigenvalue weighted by molar-refractivity contribution is 9.12. The lowest BCUT2D eigenvalue weighted by molar-refractivity contribution is -0.432. The number of amides is 1. The Morgan fingerprint density at radius 3 is 2.84 bits per heavy atom. The van der Waals surface area contributed by atoms with Crippen LogP contribution in [0.25, 0.3) is 0 Å². The molecule has 5 nitrogen and oxygen atoms in total. The van der Waals surface area contributed by atoms with Gasteiger partial charge < -0.3 is 5.32 Å². The highest BCUT2D eigenvalue weighted by atomic mass is 79.9. The molecule has 0 aliphatic heterocycles. The van der Waals surface area contributed by atoms with E-state index in [9.17, 15) is 4.79 Å². The van der Waals surface area contributed by atoms with Gasteiger partial charge in [0.15, 0.2) is 0 Å². The molecule has 0 aromatic heterocycles. The molecule has 1 aromatic rings. The van der Waals surface area contributed by atoms with Crippen LogP contribution in [-0.4, -0.2) is 21.3 Å². The molecule has 1 aromatic carbocycles. The predicted molar refractivity (Wildman–Crippen MR) is 83.7 cm³/mol. The van der Waals surface area contributed by atoms with Gasteiger partial charge in [0.05, 0.1) is 12.0 Å². The van der Waals surface area contributed by atoms with Crippen LogP contribution < -0.4 is 5.32 Å². The predicted octanol–water partition coefficient (Wildman–Crippen LogP) is 4.16.